The van der Waals surface area contributed by atoms with Crippen molar-refractivity contribution in [1.82, 2.24) is 5.32 Å². The molecule has 1 N–H and O–H groups in total. The molecule has 0 spiro atoms. The highest BCUT2D eigenvalue weighted by atomic mass is 35.5. The molecular weight excluding hydrogens is 242 g/mol. The first-order valence-electron chi connectivity index (χ1n) is 5.87. The Kier molecular flexibility index (Phi) is 4.65. The Morgan fingerprint density at radius 1 is 1.62 bits per heavy atom. The van der Waals surface area contributed by atoms with Gasteiger partial charge < -0.3 is 10.1 Å². The molecule has 1 aliphatic rings. The van der Waals surface area contributed by atoms with E-state index in [0.29, 0.717) is 12.0 Å². The van der Waals surface area contributed by atoms with E-state index in [1.807, 2.05) is 6.07 Å². The van der Waals surface area contributed by atoms with Crippen LogP contribution >= 0.6 is 22.9 Å². The molecule has 90 valence electrons. The molecule has 1 fully saturated rings. The lowest BCUT2D eigenvalue weighted by Crippen LogP contribution is -2.28. The van der Waals surface area contributed by atoms with E-state index in [2.05, 4.69) is 18.3 Å². The maximum Gasteiger partial charge on any atom is 0.0931 e. The average molecular weight is 260 g/mol. The molecular formula is C12H18ClNOS. The van der Waals surface area contributed by atoms with Crippen molar-refractivity contribution in [3.05, 3.63) is 21.3 Å². The summed E-state index contributed by atoms with van der Waals surface area (Å²) in [6.45, 7) is 5.01. The van der Waals surface area contributed by atoms with Crippen molar-refractivity contribution >= 4 is 22.9 Å². The fourth-order valence-electron chi connectivity index (χ4n) is 2.11. The van der Waals surface area contributed by atoms with Gasteiger partial charge in [-0.25, -0.2) is 0 Å². The van der Waals surface area contributed by atoms with E-state index in [9.17, 15) is 0 Å². The van der Waals surface area contributed by atoms with Gasteiger partial charge in [0, 0.05) is 23.4 Å². The Hall–Kier alpha value is -0.0900. The van der Waals surface area contributed by atoms with Crippen molar-refractivity contribution in [1.29, 1.82) is 0 Å². The van der Waals surface area contributed by atoms with Crippen molar-refractivity contribution in [2.45, 2.75) is 25.8 Å². The molecule has 1 saturated heterocycles. The van der Waals surface area contributed by atoms with Crippen LogP contribution in [0.2, 0.25) is 4.34 Å². The van der Waals surface area contributed by atoms with Crippen LogP contribution in [0.25, 0.3) is 0 Å². The van der Waals surface area contributed by atoms with Gasteiger partial charge in [-0.05, 0) is 31.5 Å². The first-order chi connectivity index (χ1) is 7.81. The smallest absolute Gasteiger partial charge is 0.0931 e. The van der Waals surface area contributed by atoms with E-state index in [1.54, 1.807) is 11.3 Å². The summed E-state index contributed by atoms with van der Waals surface area (Å²) in [6, 6.07) is 4.54. The summed E-state index contributed by atoms with van der Waals surface area (Å²) in [4.78, 5) is 1.34. The molecule has 0 saturated carbocycles. The zero-order valence-electron chi connectivity index (χ0n) is 9.54. The molecule has 0 aromatic carbocycles. The Labute approximate surface area is 106 Å². The quantitative estimate of drug-likeness (QED) is 0.874. The van der Waals surface area contributed by atoms with Crippen LogP contribution in [0, 0.1) is 5.92 Å². The second-order valence-electron chi connectivity index (χ2n) is 4.20. The zero-order valence-corrected chi connectivity index (χ0v) is 11.1. The molecule has 1 aromatic heterocycles. The lowest BCUT2D eigenvalue weighted by atomic mass is 9.97. The van der Waals surface area contributed by atoms with E-state index >= 15 is 0 Å². The number of ether oxygens (including phenoxy) is 1. The summed E-state index contributed by atoms with van der Waals surface area (Å²) < 4.78 is 6.35. The minimum Gasteiger partial charge on any atom is -0.381 e. The lowest BCUT2D eigenvalue weighted by Gasteiger charge is -2.22. The summed E-state index contributed by atoms with van der Waals surface area (Å²) in [6.07, 6.45) is 2.31. The van der Waals surface area contributed by atoms with Crippen LogP contribution in [-0.2, 0) is 4.74 Å². The number of halogens is 1. The normalized spacial score (nSPS) is 22.5. The van der Waals surface area contributed by atoms with Crippen molar-refractivity contribution < 1.29 is 4.74 Å². The van der Waals surface area contributed by atoms with Crippen LogP contribution in [0.15, 0.2) is 12.1 Å². The number of hydrogen-bond donors (Lipinski definition) is 1. The lowest BCUT2D eigenvalue weighted by molar-refractivity contribution is 0.177. The van der Waals surface area contributed by atoms with Crippen LogP contribution < -0.4 is 5.32 Å². The van der Waals surface area contributed by atoms with Gasteiger partial charge in [0.1, 0.15) is 0 Å². The fourth-order valence-corrected chi connectivity index (χ4v) is 3.34. The largest absolute Gasteiger partial charge is 0.381 e. The molecule has 0 aliphatic carbocycles. The molecule has 2 atom stereocenters. The van der Waals surface area contributed by atoms with Crippen molar-refractivity contribution in [3.63, 3.8) is 0 Å². The Morgan fingerprint density at radius 2 is 2.50 bits per heavy atom. The minimum absolute atomic E-state index is 0.417. The maximum absolute atomic E-state index is 6.00. The third-order valence-electron chi connectivity index (χ3n) is 2.95. The molecule has 2 rings (SSSR count). The third-order valence-corrected chi connectivity index (χ3v) is 4.27. The van der Waals surface area contributed by atoms with Gasteiger partial charge in [-0.2, -0.15) is 0 Å². The fraction of sp³-hybridized carbons (Fsp3) is 0.667. The first-order valence-corrected chi connectivity index (χ1v) is 7.07. The molecule has 2 heterocycles. The molecule has 0 bridgehead atoms. The van der Waals surface area contributed by atoms with E-state index in [0.717, 1.165) is 36.9 Å². The maximum atomic E-state index is 6.00. The van der Waals surface area contributed by atoms with Gasteiger partial charge in [-0.15, -0.1) is 11.3 Å². The molecule has 16 heavy (non-hydrogen) atoms. The highest BCUT2D eigenvalue weighted by Crippen LogP contribution is 2.34. The molecule has 1 aliphatic heterocycles. The van der Waals surface area contributed by atoms with Gasteiger partial charge in [0.15, 0.2) is 0 Å². The predicted molar refractivity (Wildman–Crippen MR) is 69.3 cm³/mol. The molecule has 0 amide bonds. The Bertz CT molecular complexity index is 323. The monoisotopic (exact) mass is 259 g/mol. The standard InChI is InChI=1S/C12H18ClNOS/c1-2-6-14-12(9-5-7-15-8-9)10-3-4-11(13)16-10/h3-4,9,12,14H,2,5-8H2,1H3. The second kappa shape index (κ2) is 6.01. The average Bonchev–Trinajstić information content (AvgIpc) is 2.91. The van der Waals surface area contributed by atoms with Crippen molar-refractivity contribution in [3.8, 4) is 0 Å². The predicted octanol–water partition coefficient (Wildman–Crippen LogP) is 3.48. The summed E-state index contributed by atoms with van der Waals surface area (Å²) >= 11 is 7.69. The third kappa shape index (κ3) is 2.98. The highest BCUT2D eigenvalue weighted by Gasteiger charge is 2.27. The zero-order chi connectivity index (χ0) is 11.4. The molecule has 2 unspecified atom stereocenters. The van der Waals surface area contributed by atoms with Gasteiger partial charge in [-0.3, -0.25) is 0 Å². The van der Waals surface area contributed by atoms with Crippen LogP contribution in [0.5, 0.6) is 0 Å². The minimum atomic E-state index is 0.417. The highest BCUT2D eigenvalue weighted by molar-refractivity contribution is 7.16. The van der Waals surface area contributed by atoms with Crippen LogP contribution in [0.1, 0.15) is 30.7 Å². The Morgan fingerprint density at radius 3 is 3.06 bits per heavy atom. The van der Waals surface area contributed by atoms with Crippen LogP contribution in [0.4, 0.5) is 0 Å². The number of nitrogens with one attached hydrogen (secondary N) is 1. The molecule has 1 aromatic rings. The van der Waals surface area contributed by atoms with Gasteiger partial charge in [-0.1, -0.05) is 18.5 Å². The first kappa shape index (κ1) is 12.4. The summed E-state index contributed by atoms with van der Waals surface area (Å²) in [5.74, 6) is 0.598. The second-order valence-corrected chi connectivity index (χ2v) is 5.94. The number of hydrogen-bond acceptors (Lipinski definition) is 3. The van der Waals surface area contributed by atoms with E-state index in [4.69, 9.17) is 16.3 Å². The van der Waals surface area contributed by atoms with Gasteiger partial charge in [0.2, 0.25) is 0 Å². The van der Waals surface area contributed by atoms with E-state index in [-0.39, 0.29) is 0 Å². The molecule has 4 heteroatoms. The topological polar surface area (TPSA) is 21.3 Å². The number of rotatable bonds is 5. The van der Waals surface area contributed by atoms with Crippen LogP contribution in [-0.4, -0.2) is 19.8 Å². The van der Waals surface area contributed by atoms with Gasteiger partial charge in [0.25, 0.3) is 0 Å². The number of thiophene rings is 1. The Balaban J connectivity index is 2.06. The van der Waals surface area contributed by atoms with Crippen molar-refractivity contribution in [2.24, 2.45) is 5.92 Å². The summed E-state index contributed by atoms with van der Waals surface area (Å²) in [5.41, 5.74) is 0. The van der Waals surface area contributed by atoms with E-state index < -0.39 is 0 Å². The summed E-state index contributed by atoms with van der Waals surface area (Å²) in [7, 11) is 0. The summed E-state index contributed by atoms with van der Waals surface area (Å²) in [5, 5.41) is 3.61. The van der Waals surface area contributed by atoms with Crippen LogP contribution in [0.3, 0.4) is 0 Å². The molecule has 0 radical (unpaired) electrons. The molecule has 2 nitrogen and oxygen atoms in total. The van der Waals surface area contributed by atoms with Crippen molar-refractivity contribution in [2.75, 3.05) is 19.8 Å². The SMILES string of the molecule is CCCNC(c1ccc(Cl)s1)C1CCOC1. The van der Waals surface area contributed by atoms with Gasteiger partial charge >= 0.3 is 0 Å². The van der Waals surface area contributed by atoms with E-state index in [1.165, 1.54) is 4.88 Å². The van der Waals surface area contributed by atoms with Gasteiger partial charge in [0.05, 0.1) is 10.9 Å².